The van der Waals surface area contributed by atoms with Crippen LogP contribution in [0.5, 0.6) is 0 Å². The molecular formula is C11H12N4OS2. The lowest BCUT2D eigenvalue weighted by Gasteiger charge is -2.08. The standard InChI is InChI=1S/C11H12N4OS2/c1-17-9-5-3-2-4-8(9)14-10(16)6-18-11-12-7-13-15-11/h2-5,7H,6H2,1H3,(H,14,16)(H,12,13,15). The van der Waals surface area contributed by atoms with Gasteiger partial charge in [0.15, 0.2) is 5.16 Å². The Balaban J connectivity index is 1.90. The minimum absolute atomic E-state index is 0.0575. The van der Waals surface area contributed by atoms with Crippen molar-refractivity contribution >= 4 is 35.1 Å². The van der Waals surface area contributed by atoms with Crippen LogP contribution in [0.3, 0.4) is 0 Å². The van der Waals surface area contributed by atoms with E-state index in [0.717, 1.165) is 10.6 Å². The Morgan fingerprint density at radius 1 is 1.44 bits per heavy atom. The topological polar surface area (TPSA) is 70.7 Å². The fourth-order valence-electron chi connectivity index (χ4n) is 1.33. The molecule has 0 aliphatic heterocycles. The molecule has 1 amide bonds. The highest BCUT2D eigenvalue weighted by atomic mass is 32.2. The zero-order chi connectivity index (χ0) is 12.8. The number of aromatic amines is 1. The fraction of sp³-hybridized carbons (Fsp3) is 0.182. The number of amides is 1. The molecule has 0 saturated carbocycles. The van der Waals surface area contributed by atoms with Crippen molar-refractivity contribution < 1.29 is 4.79 Å². The van der Waals surface area contributed by atoms with Gasteiger partial charge in [-0.1, -0.05) is 23.9 Å². The molecule has 1 aromatic heterocycles. The van der Waals surface area contributed by atoms with Crippen LogP contribution in [0.2, 0.25) is 0 Å². The van der Waals surface area contributed by atoms with E-state index >= 15 is 0 Å². The first-order chi connectivity index (χ1) is 8.79. The third-order valence-corrected chi connectivity index (χ3v) is 3.79. The van der Waals surface area contributed by atoms with Gasteiger partial charge in [0.05, 0.1) is 11.4 Å². The lowest BCUT2D eigenvalue weighted by molar-refractivity contribution is -0.113. The van der Waals surface area contributed by atoms with E-state index in [0.29, 0.717) is 10.9 Å². The van der Waals surface area contributed by atoms with E-state index in [-0.39, 0.29) is 5.91 Å². The van der Waals surface area contributed by atoms with E-state index in [1.165, 1.54) is 18.1 Å². The number of aromatic nitrogens is 3. The second-order valence-corrected chi connectivity index (χ2v) is 5.14. The maximum Gasteiger partial charge on any atom is 0.234 e. The van der Waals surface area contributed by atoms with Gasteiger partial charge >= 0.3 is 0 Å². The highest BCUT2D eigenvalue weighted by Gasteiger charge is 2.07. The summed E-state index contributed by atoms with van der Waals surface area (Å²) in [4.78, 5) is 16.8. The smallest absolute Gasteiger partial charge is 0.234 e. The molecule has 0 fully saturated rings. The van der Waals surface area contributed by atoms with Crippen LogP contribution >= 0.6 is 23.5 Å². The number of benzene rings is 1. The van der Waals surface area contributed by atoms with Gasteiger partial charge in [0, 0.05) is 4.90 Å². The van der Waals surface area contributed by atoms with Crippen LogP contribution < -0.4 is 5.32 Å². The van der Waals surface area contributed by atoms with Crippen LogP contribution in [0.25, 0.3) is 0 Å². The first kappa shape index (κ1) is 13.0. The van der Waals surface area contributed by atoms with Crippen LogP contribution in [-0.2, 0) is 4.79 Å². The molecule has 1 aromatic carbocycles. The van der Waals surface area contributed by atoms with E-state index in [2.05, 4.69) is 20.5 Å². The molecule has 94 valence electrons. The zero-order valence-electron chi connectivity index (χ0n) is 9.71. The summed E-state index contributed by atoms with van der Waals surface area (Å²) in [5.74, 6) is 0.246. The lowest BCUT2D eigenvalue weighted by atomic mass is 10.3. The van der Waals surface area contributed by atoms with Crippen LogP contribution in [0.4, 0.5) is 5.69 Å². The molecule has 0 bridgehead atoms. The fourth-order valence-corrected chi connectivity index (χ4v) is 2.46. The van der Waals surface area contributed by atoms with Gasteiger partial charge in [-0.3, -0.25) is 9.89 Å². The SMILES string of the molecule is CSc1ccccc1NC(=O)CSc1ncn[nH]1. The summed E-state index contributed by atoms with van der Waals surface area (Å²) in [7, 11) is 0. The number of carbonyl (C=O) groups excluding carboxylic acids is 1. The van der Waals surface area contributed by atoms with Crippen molar-refractivity contribution in [3.63, 3.8) is 0 Å². The molecule has 0 aliphatic carbocycles. The largest absolute Gasteiger partial charge is 0.324 e. The number of hydrogen-bond donors (Lipinski definition) is 2. The second-order valence-electron chi connectivity index (χ2n) is 3.33. The van der Waals surface area contributed by atoms with Crippen LogP contribution in [0.15, 0.2) is 40.6 Å². The number of H-pyrrole nitrogens is 1. The van der Waals surface area contributed by atoms with Gasteiger partial charge in [-0.2, -0.15) is 5.10 Å². The minimum atomic E-state index is -0.0575. The van der Waals surface area contributed by atoms with Crippen molar-refractivity contribution in [3.05, 3.63) is 30.6 Å². The Kier molecular flexibility index (Phi) is 4.66. The van der Waals surface area contributed by atoms with Gasteiger partial charge in [-0.15, -0.1) is 11.8 Å². The molecule has 0 saturated heterocycles. The third kappa shape index (κ3) is 3.51. The molecule has 0 atom stereocenters. The molecule has 0 radical (unpaired) electrons. The van der Waals surface area contributed by atoms with Gasteiger partial charge in [0.1, 0.15) is 6.33 Å². The number of nitrogens with zero attached hydrogens (tertiary/aromatic N) is 2. The lowest BCUT2D eigenvalue weighted by Crippen LogP contribution is -2.14. The molecular weight excluding hydrogens is 268 g/mol. The second kappa shape index (κ2) is 6.46. The average molecular weight is 280 g/mol. The molecule has 2 aromatic rings. The van der Waals surface area contributed by atoms with Crippen molar-refractivity contribution in [2.45, 2.75) is 10.1 Å². The van der Waals surface area contributed by atoms with E-state index in [1.807, 2.05) is 30.5 Å². The molecule has 0 spiro atoms. The summed E-state index contributed by atoms with van der Waals surface area (Å²) < 4.78 is 0. The van der Waals surface area contributed by atoms with Gasteiger partial charge in [0.25, 0.3) is 0 Å². The zero-order valence-corrected chi connectivity index (χ0v) is 11.3. The summed E-state index contributed by atoms with van der Waals surface area (Å²) in [6, 6.07) is 7.72. The predicted molar refractivity (Wildman–Crippen MR) is 74.0 cm³/mol. The van der Waals surface area contributed by atoms with Gasteiger partial charge in [-0.05, 0) is 18.4 Å². The average Bonchev–Trinajstić information content (AvgIpc) is 2.90. The summed E-state index contributed by atoms with van der Waals surface area (Å²) >= 11 is 2.92. The van der Waals surface area contributed by atoms with E-state index in [1.54, 1.807) is 11.8 Å². The van der Waals surface area contributed by atoms with Crippen LogP contribution in [0.1, 0.15) is 0 Å². The Hall–Kier alpha value is -1.47. The minimum Gasteiger partial charge on any atom is -0.324 e. The Morgan fingerprint density at radius 3 is 3.00 bits per heavy atom. The highest BCUT2D eigenvalue weighted by molar-refractivity contribution is 7.99. The molecule has 0 aliphatic rings. The summed E-state index contributed by atoms with van der Waals surface area (Å²) in [5, 5.41) is 9.94. The number of hydrogen-bond acceptors (Lipinski definition) is 5. The summed E-state index contributed by atoms with van der Waals surface area (Å²) in [6.45, 7) is 0. The quantitative estimate of drug-likeness (QED) is 0.822. The number of nitrogens with one attached hydrogen (secondary N) is 2. The van der Waals surface area contributed by atoms with Crippen molar-refractivity contribution in [1.82, 2.24) is 15.2 Å². The third-order valence-electron chi connectivity index (χ3n) is 2.11. The Morgan fingerprint density at radius 2 is 2.28 bits per heavy atom. The first-order valence-electron chi connectivity index (χ1n) is 5.20. The van der Waals surface area contributed by atoms with E-state index in [9.17, 15) is 4.79 Å². The predicted octanol–water partition coefficient (Wildman–Crippen LogP) is 2.26. The number of rotatable bonds is 5. The monoisotopic (exact) mass is 280 g/mol. The molecule has 1 heterocycles. The Labute approximate surface area is 113 Å². The van der Waals surface area contributed by atoms with Gasteiger partial charge in [0.2, 0.25) is 5.91 Å². The molecule has 18 heavy (non-hydrogen) atoms. The van der Waals surface area contributed by atoms with Crippen molar-refractivity contribution in [2.75, 3.05) is 17.3 Å². The summed E-state index contributed by atoms with van der Waals surface area (Å²) in [5.41, 5.74) is 0.841. The molecule has 2 N–H and O–H groups in total. The maximum atomic E-state index is 11.8. The molecule has 0 unspecified atom stereocenters. The molecule has 2 rings (SSSR count). The maximum absolute atomic E-state index is 11.8. The van der Waals surface area contributed by atoms with E-state index < -0.39 is 0 Å². The summed E-state index contributed by atoms with van der Waals surface area (Å²) in [6.07, 6.45) is 3.40. The first-order valence-corrected chi connectivity index (χ1v) is 7.41. The van der Waals surface area contributed by atoms with E-state index in [4.69, 9.17) is 0 Å². The van der Waals surface area contributed by atoms with Gasteiger partial charge < -0.3 is 5.32 Å². The highest BCUT2D eigenvalue weighted by Crippen LogP contribution is 2.24. The van der Waals surface area contributed by atoms with Crippen molar-refractivity contribution in [2.24, 2.45) is 0 Å². The number of anilines is 1. The normalized spacial score (nSPS) is 10.3. The Bertz CT molecular complexity index is 516. The van der Waals surface area contributed by atoms with Gasteiger partial charge in [-0.25, -0.2) is 4.98 Å². The molecule has 7 heteroatoms. The number of para-hydroxylation sites is 1. The van der Waals surface area contributed by atoms with Crippen LogP contribution in [-0.4, -0.2) is 33.1 Å². The number of thioether (sulfide) groups is 2. The van der Waals surface area contributed by atoms with Crippen molar-refractivity contribution in [3.8, 4) is 0 Å². The molecule has 5 nitrogen and oxygen atoms in total. The van der Waals surface area contributed by atoms with Crippen molar-refractivity contribution in [1.29, 1.82) is 0 Å². The number of carbonyl (C=O) groups is 1. The van der Waals surface area contributed by atoms with Crippen LogP contribution in [0, 0.1) is 0 Å².